The van der Waals surface area contributed by atoms with Crippen molar-refractivity contribution in [3.63, 3.8) is 0 Å². The van der Waals surface area contributed by atoms with Crippen molar-refractivity contribution in [2.75, 3.05) is 29.1 Å². The molecule has 258 valence electrons. The molecule has 4 aromatic rings. The third kappa shape index (κ3) is 10.8. The van der Waals surface area contributed by atoms with Crippen LogP contribution in [0.25, 0.3) is 11.3 Å². The number of nitrogens with one attached hydrogen (secondary N) is 2. The highest BCUT2D eigenvalue weighted by atomic mass is 32.2. The number of carbonyl (C=O) groups is 3. The molecule has 2 amide bonds. The van der Waals surface area contributed by atoms with Crippen LogP contribution in [0, 0.1) is 0 Å². The fraction of sp³-hybridized carbons (Fsp3) is 0.297. The average Bonchev–Trinajstić information content (AvgIpc) is 3.09. The summed E-state index contributed by atoms with van der Waals surface area (Å²) in [4.78, 5) is 44.3. The van der Waals surface area contributed by atoms with Gasteiger partial charge in [0.25, 0.3) is 11.8 Å². The summed E-state index contributed by atoms with van der Waals surface area (Å²) in [6.45, 7) is 5.74. The van der Waals surface area contributed by atoms with Crippen LogP contribution in [0.4, 0.5) is 24.5 Å². The number of carboxylic acids is 1. The van der Waals surface area contributed by atoms with Gasteiger partial charge in [-0.05, 0) is 78.6 Å². The molecule has 4 rings (SSSR count). The van der Waals surface area contributed by atoms with E-state index in [4.69, 9.17) is 5.11 Å². The number of nitrogens with zero attached hydrogens (tertiary/aromatic N) is 2. The summed E-state index contributed by atoms with van der Waals surface area (Å²) in [6.07, 6.45) is -1.09. The number of carbonyl (C=O) groups excluding carboxylic acids is 2. The van der Waals surface area contributed by atoms with Crippen molar-refractivity contribution >= 4 is 40.9 Å². The van der Waals surface area contributed by atoms with Gasteiger partial charge in [0.2, 0.25) is 0 Å². The van der Waals surface area contributed by atoms with Crippen molar-refractivity contribution < 1.29 is 32.7 Å². The van der Waals surface area contributed by atoms with E-state index in [-0.39, 0.29) is 24.4 Å². The zero-order valence-corrected chi connectivity index (χ0v) is 28.2. The lowest BCUT2D eigenvalue weighted by Gasteiger charge is -2.25. The highest BCUT2D eigenvalue weighted by molar-refractivity contribution is 7.98. The SMILES string of the molecule is CCCN(CCC)c1ccc(NC(=O)c2cccc(CSCCC(=O)O)c2)c(-c2cc(C(=O)NCc3cccc(C(F)(F)F)c3)ccn2)c1. The lowest BCUT2D eigenvalue weighted by Crippen LogP contribution is -2.25. The smallest absolute Gasteiger partial charge is 0.416 e. The van der Waals surface area contributed by atoms with Gasteiger partial charge in [0.15, 0.2) is 0 Å². The molecule has 0 bridgehead atoms. The van der Waals surface area contributed by atoms with Gasteiger partial charge in [-0.15, -0.1) is 0 Å². The molecule has 0 atom stereocenters. The van der Waals surface area contributed by atoms with Gasteiger partial charge in [0.05, 0.1) is 23.4 Å². The topological polar surface area (TPSA) is 112 Å². The van der Waals surface area contributed by atoms with E-state index in [1.165, 1.54) is 36.2 Å². The van der Waals surface area contributed by atoms with Crippen LogP contribution < -0.4 is 15.5 Å². The molecule has 1 aromatic heterocycles. The van der Waals surface area contributed by atoms with Crippen molar-refractivity contribution in [1.82, 2.24) is 10.3 Å². The molecule has 1 heterocycles. The van der Waals surface area contributed by atoms with Crippen LogP contribution in [0.1, 0.15) is 70.5 Å². The quantitative estimate of drug-likeness (QED) is 0.101. The van der Waals surface area contributed by atoms with Crippen LogP contribution in [0.15, 0.2) is 85.1 Å². The van der Waals surface area contributed by atoms with E-state index < -0.39 is 23.6 Å². The molecule has 0 aliphatic heterocycles. The zero-order valence-electron chi connectivity index (χ0n) is 27.3. The van der Waals surface area contributed by atoms with E-state index >= 15 is 0 Å². The third-order valence-corrected chi connectivity index (χ3v) is 8.56. The number of halogens is 3. The van der Waals surface area contributed by atoms with Gasteiger partial charge in [-0.25, -0.2) is 0 Å². The summed E-state index contributed by atoms with van der Waals surface area (Å²) in [5.74, 6) is -0.666. The predicted octanol–water partition coefficient (Wildman–Crippen LogP) is 8.28. The molecule has 0 saturated heterocycles. The molecule has 0 spiro atoms. The minimum Gasteiger partial charge on any atom is -0.481 e. The molecule has 8 nitrogen and oxygen atoms in total. The Morgan fingerprint density at radius 3 is 2.29 bits per heavy atom. The number of alkyl halides is 3. The Labute approximate surface area is 288 Å². The molecule has 12 heteroatoms. The first kappa shape index (κ1) is 37.0. The van der Waals surface area contributed by atoms with Gasteiger partial charge < -0.3 is 20.6 Å². The van der Waals surface area contributed by atoms with E-state index in [0.717, 1.165) is 49.3 Å². The minimum atomic E-state index is -4.49. The Morgan fingerprint density at radius 2 is 1.57 bits per heavy atom. The van der Waals surface area contributed by atoms with Gasteiger partial charge in [-0.3, -0.25) is 19.4 Å². The summed E-state index contributed by atoms with van der Waals surface area (Å²) in [5.41, 5.74) is 3.53. The van der Waals surface area contributed by atoms with Crippen LogP contribution >= 0.6 is 11.8 Å². The number of carboxylic acid groups (broad SMARTS) is 1. The Hall–Kier alpha value is -4.84. The molecule has 3 aromatic carbocycles. The van der Waals surface area contributed by atoms with Gasteiger partial charge >= 0.3 is 12.1 Å². The van der Waals surface area contributed by atoms with Crippen molar-refractivity contribution in [2.45, 2.75) is 51.6 Å². The first-order valence-electron chi connectivity index (χ1n) is 16.0. The zero-order chi connectivity index (χ0) is 35.4. The number of rotatable bonds is 16. The second-order valence-corrected chi connectivity index (χ2v) is 12.5. The monoisotopic (exact) mass is 692 g/mol. The fourth-order valence-electron chi connectivity index (χ4n) is 5.17. The minimum absolute atomic E-state index is 0.0598. The van der Waals surface area contributed by atoms with Gasteiger partial charge in [-0.2, -0.15) is 24.9 Å². The first-order chi connectivity index (χ1) is 23.5. The van der Waals surface area contributed by atoms with Crippen molar-refractivity contribution in [1.29, 1.82) is 0 Å². The standard InChI is InChI=1S/C37H39F3N4O4S/c1-3-16-44(17-4-2)30-11-12-32(43-36(48)27-9-5-8-26(19-27)24-49-18-14-34(45)46)31(22-30)33-21-28(13-15-41-33)35(47)42-23-25-7-6-10-29(20-25)37(38,39)40/h5-13,15,19-22H,3-4,14,16-18,23-24H2,1-2H3,(H,42,47)(H,43,48)(H,45,46). The van der Waals surface area contributed by atoms with Crippen molar-refractivity contribution in [2.24, 2.45) is 0 Å². The summed E-state index contributed by atoms with van der Waals surface area (Å²) in [5, 5.41) is 14.6. The molecule has 0 aliphatic carbocycles. The van der Waals surface area contributed by atoms with E-state index in [1.54, 1.807) is 24.3 Å². The molecule has 0 radical (unpaired) electrons. The molecular formula is C37H39F3N4O4S. The summed E-state index contributed by atoms with van der Waals surface area (Å²) >= 11 is 1.47. The summed E-state index contributed by atoms with van der Waals surface area (Å²) in [7, 11) is 0. The van der Waals surface area contributed by atoms with Crippen LogP contribution in [0.5, 0.6) is 0 Å². The number of hydrogen-bond donors (Lipinski definition) is 3. The number of hydrogen-bond acceptors (Lipinski definition) is 6. The maximum atomic E-state index is 13.5. The predicted molar refractivity (Wildman–Crippen MR) is 188 cm³/mol. The van der Waals surface area contributed by atoms with Gasteiger partial charge in [-0.1, -0.05) is 38.1 Å². The number of benzene rings is 3. The molecule has 49 heavy (non-hydrogen) atoms. The molecule has 0 saturated carbocycles. The summed E-state index contributed by atoms with van der Waals surface area (Å²) < 4.78 is 39.5. The van der Waals surface area contributed by atoms with E-state index in [2.05, 4.69) is 34.4 Å². The molecule has 3 N–H and O–H groups in total. The average molecular weight is 693 g/mol. The Morgan fingerprint density at radius 1 is 0.857 bits per heavy atom. The van der Waals surface area contributed by atoms with E-state index in [9.17, 15) is 27.6 Å². The van der Waals surface area contributed by atoms with E-state index in [0.29, 0.717) is 39.6 Å². The normalized spacial score (nSPS) is 11.2. The van der Waals surface area contributed by atoms with Crippen molar-refractivity contribution in [3.05, 3.63) is 113 Å². The maximum Gasteiger partial charge on any atom is 0.416 e. The fourth-order valence-corrected chi connectivity index (χ4v) is 6.05. The van der Waals surface area contributed by atoms with Gasteiger partial charge in [0.1, 0.15) is 0 Å². The largest absolute Gasteiger partial charge is 0.481 e. The second-order valence-electron chi connectivity index (χ2n) is 11.4. The number of thioether (sulfide) groups is 1. The third-order valence-electron chi connectivity index (χ3n) is 7.53. The Kier molecular flexibility index (Phi) is 13.2. The second kappa shape index (κ2) is 17.5. The van der Waals surface area contributed by atoms with Crippen LogP contribution in [-0.4, -0.2) is 46.7 Å². The lowest BCUT2D eigenvalue weighted by atomic mass is 10.0. The number of aromatic nitrogens is 1. The molecular weight excluding hydrogens is 653 g/mol. The first-order valence-corrected chi connectivity index (χ1v) is 17.1. The van der Waals surface area contributed by atoms with E-state index in [1.807, 2.05) is 24.3 Å². The lowest BCUT2D eigenvalue weighted by molar-refractivity contribution is -0.138. The van der Waals surface area contributed by atoms with Crippen LogP contribution in [-0.2, 0) is 23.3 Å². The Balaban J connectivity index is 1.60. The number of anilines is 2. The van der Waals surface area contributed by atoms with Crippen molar-refractivity contribution in [3.8, 4) is 11.3 Å². The Bertz CT molecular complexity index is 1760. The number of amides is 2. The maximum absolute atomic E-state index is 13.5. The van der Waals surface area contributed by atoms with Crippen LogP contribution in [0.3, 0.4) is 0 Å². The molecule has 0 aliphatic rings. The highest BCUT2D eigenvalue weighted by Crippen LogP contribution is 2.33. The summed E-state index contributed by atoms with van der Waals surface area (Å²) in [6, 6.07) is 20.7. The van der Waals surface area contributed by atoms with Crippen LogP contribution in [0.2, 0.25) is 0 Å². The number of pyridine rings is 1. The number of aliphatic carboxylic acids is 1. The highest BCUT2D eigenvalue weighted by Gasteiger charge is 2.30. The van der Waals surface area contributed by atoms with Gasteiger partial charge in [0, 0.05) is 59.7 Å². The molecule has 0 fully saturated rings. The molecule has 0 unspecified atom stereocenters.